The van der Waals surface area contributed by atoms with E-state index in [-0.39, 0.29) is 5.69 Å². The van der Waals surface area contributed by atoms with E-state index >= 15 is 0 Å². The number of benzene rings is 2. The summed E-state index contributed by atoms with van der Waals surface area (Å²) < 4.78 is 2.23. The Morgan fingerprint density at radius 1 is 0.923 bits per heavy atom. The van der Waals surface area contributed by atoms with E-state index in [1.54, 1.807) is 0 Å². The van der Waals surface area contributed by atoms with Crippen molar-refractivity contribution in [1.82, 2.24) is 14.5 Å². The smallest absolute Gasteiger partial charge is 0.318 e. The zero-order valence-corrected chi connectivity index (χ0v) is 15.0. The van der Waals surface area contributed by atoms with Crippen LogP contribution >= 0.6 is 0 Å². The molecule has 0 aliphatic carbocycles. The van der Waals surface area contributed by atoms with E-state index in [1.165, 1.54) is 11.3 Å². The molecule has 0 unspecified atom stereocenters. The van der Waals surface area contributed by atoms with Crippen molar-refractivity contribution >= 4 is 22.9 Å². The molecule has 4 aromatic rings. The Labute approximate surface area is 151 Å². The van der Waals surface area contributed by atoms with Crippen molar-refractivity contribution in [3.05, 3.63) is 81.5 Å². The molecule has 5 heteroatoms. The third-order valence-corrected chi connectivity index (χ3v) is 4.61. The van der Waals surface area contributed by atoms with Crippen LogP contribution in [0.15, 0.2) is 58.3 Å². The van der Waals surface area contributed by atoms with E-state index in [4.69, 9.17) is 0 Å². The van der Waals surface area contributed by atoms with Crippen LogP contribution in [0, 0.1) is 20.8 Å². The number of imidazole rings is 1. The highest BCUT2D eigenvalue weighted by atomic mass is 16.1. The highest BCUT2D eigenvalue weighted by Gasteiger charge is 2.09. The standard InChI is InChI=1S/C21H20N4O/c1-13-4-7-18(8-5-13)25-14(2)10-16(15(25)3)12-22-17-6-9-19-20(11-17)24-21(26)23-19/h4-12H,1-3H3,(H2,23,24,26). The van der Waals surface area contributed by atoms with Crippen molar-refractivity contribution in [1.29, 1.82) is 0 Å². The lowest BCUT2D eigenvalue weighted by atomic mass is 10.2. The maximum atomic E-state index is 11.4. The van der Waals surface area contributed by atoms with Gasteiger partial charge in [-0.1, -0.05) is 17.7 Å². The van der Waals surface area contributed by atoms with Crippen LogP contribution in [-0.2, 0) is 0 Å². The molecule has 26 heavy (non-hydrogen) atoms. The lowest BCUT2D eigenvalue weighted by Gasteiger charge is -2.09. The topological polar surface area (TPSA) is 65.9 Å². The number of aromatic amines is 2. The maximum Gasteiger partial charge on any atom is 0.323 e. The van der Waals surface area contributed by atoms with Crippen molar-refractivity contribution in [2.45, 2.75) is 20.8 Å². The summed E-state index contributed by atoms with van der Waals surface area (Å²) in [6.45, 7) is 6.29. The molecule has 0 radical (unpaired) electrons. The average Bonchev–Trinajstić information content (AvgIpc) is 3.12. The first-order valence-electron chi connectivity index (χ1n) is 8.53. The van der Waals surface area contributed by atoms with Crippen LogP contribution in [0.1, 0.15) is 22.5 Å². The molecule has 0 fully saturated rings. The minimum atomic E-state index is -0.206. The van der Waals surface area contributed by atoms with E-state index < -0.39 is 0 Å². The van der Waals surface area contributed by atoms with Gasteiger partial charge in [-0.2, -0.15) is 0 Å². The van der Waals surface area contributed by atoms with Crippen molar-refractivity contribution in [3.63, 3.8) is 0 Å². The van der Waals surface area contributed by atoms with E-state index in [1.807, 2.05) is 24.4 Å². The Hall–Kier alpha value is -3.34. The van der Waals surface area contributed by atoms with Crippen molar-refractivity contribution in [2.24, 2.45) is 4.99 Å². The van der Waals surface area contributed by atoms with Gasteiger partial charge >= 0.3 is 5.69 Å². The van der Waals surface area contributed by atoms with Gasteiger partial charge in [0.05, 0.1) is 16.7 Å². The van der Waals surface area contributed by atoms with Gasteiger partial charge in [0.1, 0.15) is 0 Å². The summed E-state index contributed by atoms with van der Waals surface area (Å²) in [6, 6.07) is 16.2. The van der Waals surface area contributed by atoms with Gasteiger partial charge in [-0.15, -0.1) is 0 Å². The van der Waals surface area contributed by atoms with Gasteiger partial charge in [0.2, 0.25) is 0 Å². The third kappa shape index (κ3) is 2.88. The molecule has 2 aromatic heterocycles. The van der Waals surface area contributed by atoms with E-state index in [2.05, 4.69) is 70.6 Å². The largest absolute Gasteiger partial charge is 0.323 e. The van der Waals surface area contributed by atoms with Gasteiger partial charge in [0.25, 0.3) is 0 Å². The second kappa shape index (κ2) is 6.19. The lowest BCUT2D eigenvalue weighted by molar-refractivity contribution is 0.964. The number of hydrogen-bond acceptors (Lipinski definition) is 2. The second-order valence-electron chi connectivity index (χ2n) is 6.56. The molecule has 2 N–H and O–H groups in total. The molecule has 0 aliphatic rings. The number of hydrogen-bond donors (Lipinski definition) is 2. The Morgan fingerprint density at radius 2 is 1.65 bits per heavy atom. The summed E-state index contributed by atoms with van der Waals surface area (Å²) in [4.78, 5) is 21.4. The SMILES string of the molecule is Cc1ccc(-n2c(C)cc(C=Nc3ccc4[nH]c(=O)[nH]c4c3)c2C)cc1. The van der Waals surface area contributed by atoms with Gasteiger partial charge in [0.15, 0.2) is 0 Å². The third-order valence-electron chi connectivity index (χ3n) is 4.61. The van der Waals surface area contributed by atoms with Crippen molar-refractivity contribution < 1.29 is 0 Å². The molecule has 0 aliphatic heterocycles. The van der Waals surface area contributed by atoms with Crippen LogP contribution in [0.4, 0.5) is 5.69 Å². The number of nitrogens with one attached hydrogen (secondary N) is 2. The zero-order valence-electron chi connectivity index (χ0n) is 15.0. The summed E-state index contributed by atoms with van der Waals surface area (Å²) in [7, 11) is 0. The Kier molecular flexibility index (Phi) is 3.84. The molecule has 0 amide bonds. The molecule has 0 spiro atoms. The molecular weight excluding hydrogens is 324 g/mol. The van der Waals surface area contributed by atoms with Crippen LogP contribution in [-0.4, -0.2) is 20.7 Å². The summed E-state index contributed by atoms with van der Waals surface area (Å²) >= 11 is 0. The average molecular weight is 344 g/mol. The summed E-state index contributed by atoms with van der Waals surface area (Å²) in [5.74, 6) is 0. The normalized spacial score (nSPS) is 11.7. The van der Waals surface area contributed by atoms with Crippen LogP contribution < -0.4 is 5.69 Å². The van der Waals surface area contributed by atoms with Gasteiger partial charge < -0.3 is 14.5 Å². The molecule has 4 rings (SSSR count). The van der Waals surface area contributed by atoms with E-state index in [0.29, 0.717) is 0 Å². The summed E-state index contributed by atoms with van der Waals surface area (Å²) in [5, 5.41) is 0. The number of aromatic nitrogens is 3. The molecular formula is C21H20N4O. The molecule has 5 nitrogen and oxygen atoms in total. The minimum absolute atomic E-state index is 0.206. The number of fused-ring (bicyclic) bond motifs is 1. The quantitative estimate of drug-likeness (QED) is 0.534. The number of H-pyrrole nitrogens is 2. The minimum Gasteiger partial charge on any atom is -0.318 e. The van der Waals surface area contributed by atoms with E-state index in [0.717, 1.165) is 33.7 Å². The predicted molar refractivity (Wildman–Crippen MR) is 106 cm³/mol. The first kappa shape index (κ1) is 16.1. The molecule has 0 bridgehead atoms. The molecule has 2 aromatic carbocycles. The highest BCUT2D eigenvalue weighted by Crippen LogP contribution is 2.22. The Balaban J connectivity index is 1.69. The fraction of sp³-hybridized carbons (Fsp3) is 0.143. The van der Waals surface area contributed by atoms with Crippen molar-refractivity contribution in [2.75, 3.05) is 0 Å². The van der Waals surface area contributed by atoms with Crippen LogP contribution in [0.5, 0.6) is 0 Å². The van der Waals surface area contributed by atoms with E-state index in [9.17, 15) is 4.79 Å². The summed E-state index contributed by atoms with van der Waals surface area (Å²) in [6.07, 6.45) is 1.87. The van der Waals surface area contributed by atoms with Crippen LogP contribution in [0.25, 0.3) is 16.7 Å². The fourth-order valence-electron chi connectivity index (χ4n) is 3.25. The van der Waals surface area contributed by atoms with Gasteiger partial charge in [-0.25, -0.2) is 4.79 Å². The highest BCUT2D eigenvalue weighted by molar-refractivity contribution is 5.86. The Bertz CT molecular complexity index is 1170. The molecule has 130 valence electrons. The number of nitrogens with zero attached hydrogens (tertiary/aromatic N) is 2. The molecule has 0 saturated carbocycles. The van der Waals surface area contributed by atoms with Gasteiger partial charge in [-0.3, -0.25) is 4.99 Å². The lowest BCUT2D eigenvalue weighted by Crippen LogP contribution is -1.99. The first-order valence-corrected chi connectivity index (χ1v) is 8.53. The number of rotatable bonds is 3. The van der Waals surface area contributed by atoms with Gasteiger partial charge in [0, 0.05) is 28.9 Å². The van der Waals surface area contributed by atoms with Crippen LogP contribution in [0.2, 0.25) is 0 Å². The predicted octanol–water partition coefficient (Wildman–Crippen LogP) is 4.32. The molecule has 2 heterocycles. The van der Waals surface area contributed by atoms with Crippen molar-refractivity contribution in [3.8, 4) is 5.69 Å². The molecule has 0 atom stereocenters. The second-order valence-corrected chi connectivity index (χ2v) is 6.56. The monoisotopic (exact) mass is 344 g/mol. The molecule has 0 saturated heterocycles. The first-order chi connectivity index (χ1) is 12.5. The number of aliphatic imine (C=N–C) groups is 1. The Morgan fingerprint density at radius 3 is 2.42 bits per heavy atom. The maximum absolute atomic E-state index is 11.4. The number of aryl methyl sites for hydroxylation is 2. The van der Waals surface area contributed by atoms with Gasteiger partial charge in [-0.05, 0) is 57.2 Å². The fourth-order valence-corrected chi connectivity index (χ4v) is 3.25. The zero-order chi connectivity index (χ0) is 18.3. The summed E-state index contributed by atoms with van der Waals surface area (Å²) in [5.41, 5.74) is 7.92. The van der Waals surface area contributed by atoms with Crippen LogP contribution in [0.3, 0.4) is 0 Å².